The Balaban J connectivity index is 2.42. The highest BCUT2D eigenvalue weighted by Gasteiger charge is 2.13. The molecule has 0 aliphatic rings. The summed E-state index contributed by atoms with van der Waals surface area (Å²) in [6.07, 6.45) is 2.88. The lowest BCUT2D eigenvalue weighted by Gasteiger charge is -2.08. The maximum atomic E-state index is 6.22. The van der Waals surface area contributed by atoms with E-state index in [1.165, 1.54) is 0 Å². The molecule has 5 heteroatoms. The van der Waals surface area contributed by atoms with Crippen LogP contribution in [-0.4, -0.2) is 9.97 Å². The predicted molar refractivity (Wildman–Crippen MR) is 81.1 cm³/mol. The van der Waals surface area contributed by atoms with Gasteiger partial charge in [0.15, 0.2) is 0 Å². The normalized spacial score (nSPS) is 10.7. The van der Waals surface area contributed by atoms with Crippen LogP contribution in [0.15, 0.2) is 24.3 Å². The van der Waals surface area contributed by atoms with Gasteiger partial charge in [0.2, 0.25) is 0 Å². The van der Waals surface area contributed by atoms with E-state index in [0.717, 1.165) is 24.8 Å². The van der Waals surface area contributed by atoms with E-state index in [9.17, 15) is 0 Å². The van der Waals surface area contributed by atoms with Crippen molar-refractivity contribution >= 4 is 34.8 Å². The minimum atomic E-state index is 0.369. The van der Waals surface area contributed by atoms with Gasteiger partial charge < -0.3 is 0 Å². The van der Waals surface area contributed by atoms with Gasteiger partial charge in [-0.2, -0.15) is 0 Å². The van der Waals surface area contributed by atoms with Gasteiger partial charge in [-0.15, -0.1) is 0 Å². The summed E-state index contributed by atoms with van der Waals surface area (Å²) in [6.45, 7) is 2.11. The monoisotopic (exact) mass is 314 g/mol. The summed E-state index contributed by atoms with van der Waals surface area (Å²) in [5.41, 5.74) is 1.45. The lowest BCUT2D eigenvalue weighted by Crippen LogP contribution is -1.98. The van der Waals surface area contributed by atoms with Gasteiger partial charge in [-0.05, 0) is 24.1 Å². The van der Waals surface area contributed by atoms with E-state index >= 15 is 0 Å². The topological polar surface area (TPSA) is 25.8 Å². The highest BCUT2D eigenvalue weighted by atomic mass is 35.5. The molecule has 1 aromatic heterocycles. The first-order valence-electron chi connectivity index (χ1n) is 6.09. The van der Waals surface area contributed by atoms with E-state index in [2.05, 4.69) is 16.9 Å². The van der Waals surface area contributed by atoms with Gasteiger partial charge in [-0.1, -0.05) is 60.3 Å². The zero-order chi connectivity index (χ0) is 13.8. The second kappa shape index (κ2) is 6.56. The molecule has 0 fully saturated rings. The van der Waals surface area contributed by atoms with E-state index in [4.69, 9.17) is 34.8 Å². The first kappa shape index (κ1) is 14.6. The number of unbranched alkanes of at least 4 members (excludes halogenated alkanes) is 1. The van der Waals surface area contributed by atoms with Crippen molar-refractivity contribution in [1.29, 1.82) is 0 Å². The SMILES string of the molecule is CCCCc1nc(Cl)c(-c2cccc(Cl)c2)c(Cl)n1. The molecule has 19 heavy (non-hydrogen) atoms. The predicted octanol–water partition coefficient (Wildman–Crippen LogP) is 5.45. The largest absolute Gasteiger partial charge is 0.220 e. The summed E-state index contributed by atoms with van der Waals surface area (Å²) in [5, 5.41) is 1.36. The summed E-state index contributed by atoms with van der Waals surface area (Å²) in [6, 6.07) is 7.32. The fourth-order valence-electron chi connectivity index (χ4n) is 1.78. The molecule has 0 saturated carbocycles. The van der Waals surface area contributed by atoms with Crippen molar-refractivity contribution in [2.75, 3.05) is 0 Å². The van der Waals surface area contributed by atoms with Gasteiger partial charge >= 0.3 is 0 Å². The fourth-order valence-corrected chi connectivity index (χ4v) is 2.61. The number of hydrogen-bond donors (Lipinski definition) is 0. The minimum absolute atomic E-state index is 0.369. The summed E-state index contributed by atoms with van der Waals surface area (Å²) in [5.74, 6) is 0.683. The molecule has 0 aliphatic heterocycles. The third kappa shape index (κ3) is 3.59. The number of aryl methyl sites for hydroxylation is 1. The van der Waals surface area contributed by atoms with Gasteiger partial charge in [0.25, 0.3) is 0 Å². The Kier molecular flexibility index (Phi) is 5.03. The van der Waals surface area contributed by atoms with Crippen LogP contribution in [0.4, 0.5) is 0 Å². The third-order valence-corrected chi connectivity index (χ3v) is 3.52. The quantitative estimate of drug-likeness (QED) is 0.701. The van der Waals surface area contributed by atoms with Crippen molar-refractivity contribution in [3.8, 4) is 11.1 Å². The van der Waals surface area contributed by atoms with Crippen molar-refractivity contribution in [2.45, 2.75) is 26.2 Å². The Hall–Kier alpha value is -0.830. The minimum Gasteiger partial charge on any atom is -0.220 e. The van der Waals surface area contributed by atoms with E-state index in [-0.39, 0.29) is 0 Å². The maximum absolute atomic E-state index is 6.22. The lowest BCUT2D eigenvalue weighted by atomic mass is 10.1. The van der Waals surface area contributed by atoms with Crippen molar-refractivity contribution in [2.24, 2.45) is 0 Å². The Morgan fingerprint density at radius 2 is 1.74 bits per heavy atom. The van der Waals surface area contributed by atoms with Crippen LogP contribution >= 0.6 is 34.8 Å². The van der Waals surface area contributed by atoms with Gasteiger partial charge in [-0.25, -0.2) is 9.97 Å². The molecule has 0 atom stereocenters. The first-order chi connectivity index (χ1) is 9.11. The highest BCUT2D eigenvalue weighted by molar-refractivity contribution is 6.38. The molecule has 0 spiro atoms. The second-order valence-electron chi connectivity index (χ2n) is 4.21. The molecule has 100 valence electrons. The van der Waals surface area contributed by atoms with Crippen LogP contribution in [0.5, 0.6) is 0 Å². The Bertz CT molecular complexity index is 562. The second-order valence-corrected chi connectivity index (χ2v) is 5.36. The number of rotatable bonds is 4. The average molecular weight is 316 g/mol. The van der Waals surface area contributed by atoms with Crippen molar-refractivity contribution in [1.82, 2.24) is 9.97 Å². The number of hydrogen-bond acceptors (Lipinski definition) is 2. The highest BCUT2D eigenvalue weighted by Crippen LogP contribution is 2.33. The van der Waals surface area contributed by atoms with Crippen LogP contribution < -0.4 is 0 Å². The molecule has 2 aromatic rings. The van der Waals surface area contributed by atoms with E-state index in [0.29, 0.717) is 26.7 Å². The number of aromatic nitrogens is 2. The maximum Gasteiger partial charge on any atom is 0.142 e. The fraction of sp³-hybridized carbons (Fsp3) is 0.286. The smallest absolute Gasteiger partial charge is 0.142 e. The van der Waals surface area contributed by atoms with Crippen LogP contribution in [0.25, 0.3) is 11.1 Å². The van der Waals surface area contributed by atoms with E-state index in [1.54, 1.807) is 12.1 Å². The number of nitrogens with zero attached hydrogens (tertiary/aromatic N) is 2. The average Bonchev–Trinajstić information content (AvgIpc) is 2.35. The number of benzene rings is 1. The third-order valence-electron chi connectivity index (χ3n) is 2.73. The Labute approximate surface area is 127 Å². The summed E-state index contributed by atoms with van der Waals surface area (Å²) in [7, 11) is 0. The molecule has 0 bridgehead atoms. The molecular weight excluding hydrogens is 303 g/mol. The van der Waals surface area contributed by atoms with Crippen LogP contribution in [0.1, 0.15) is 25.6 Å². The molecule has 0 aliphatic carbocycles. The van der Waals surface area contributed by atoms with Crippen LogP contribution in [0.2, 0.25) is 15.3 Å². The number of halogens is 3. The standard InChI is InChI=1S/C14H13Cl3N2/c1-2-3-7-11-18-13(16)12(14(17)19-11)9-5-4-6-10(15)8-9/h4-6,8H,2-3,7H2,1H3. The molecule has 1 aromatic carbocycles. The van der Waals surface area contributed by atoms with E-state index in [1.807, 2.05) is 12.1 Å². The van der Waals surface area contributed by atoms with Crippen LogP contribution in [-0.2, 0) is 6.42 Å². The molecule has 2 rings (SSSR count). The van der Waals surface area contributed by atoms with Crippen molar-refractivity contribution in [3.63, 3.8) is 0 Å². The molecule has 1 heterocycles. The molecule has 0 unspecified atom stereocenters. The molecule has 0 saturated heterocycles. The molecule has 0 radical (unpaired) electrons. The molecule has 0 amide bonds. The van der Waals surface area contributed by atoms with Crippen LogP contribution in [0, 0.1) is 0 Å². The van der Waals surface area contributed by atoms with Gasteiger partial charge in [0.05, 0.1) is 5.56 Å². The summed E-state index contributed by atoms with van der Waals surface area (Å²) >= 11 is 18.4. The van der Waals surface area contributed by atoms with E-state index < -0.39 is 0 Å². The van der Waals surface area contributed by atoms with Gasteiger partial charge in [-0.3, -0.25) is 0 Å². The molecular formula is C14H13Cl3N2. The first-order valence-corrected chi connectivity index (χ1v) is 7.23. The van der Waals surface area contributed by atoms with Crippen LogP contribution in [0.3, 0.4) is 0 Å². The summed E-state index contributed by atoms with van der Waals surface area (Å²) in [4.78, 5) is 8.61. The zero-order valence-electron chi connectivity index (χ0n) is 10.5. The Morgan fingerprint density at radius 3 is 2.32 bits per heavy atom. The van der Waals surface area contributed by atoms with Gasteiger partial charge in [0, 0.05) is 11.4 Å². The Morgan fingerprint density at radius 1 is 1.05 bits per heavy atom. The lowest BCUT2D eigenvalue weighted by molar-refractivity contribution is 0.753. The van der Waals surface area contributed by atoms with Gasteiger partial charge in [0.1, 0.15) is 16.1 Å². The zero-order valence-corrected chi connectivity index (χ0v) is 12.7. The van der Waals surface area contributed by atoms with Crippen molar-refractivity contribution < 1.29 is 0 Å². The van der Waals surface area contributed by atoms with Crippen molar-refractivity contribution in [3.05, 3.63) is 45.4 Å². The molecule has 2 nitrogen and oxygen atoms in total. The molecule has 0 N–H and O–H groups in total. The summed E-state index contributed by atoms with van der Waals surface area (Å²) < 4.78 is 0.